The second-order valence-corrected chi connectivity index (χ2v) is 6.36. The number of carbonyl (C=O) groups is 3. The Morgan fingerprint density at radius 2 is 1.48 bits per heavy atom. The Bertz CT molecular complexity index is 768. The summed E-state index contributed by atoms with van der Waals surface area (Å²) >= 11 is 5.39. The van der Waals surface area contributed by atoms with Crippen LogP contribution in [0.3, 0.4) is 0 Å². The molecule has 7 heteroatoms. The van der Waals surface area contributed by atoms with Gasteiger partial charge in [-0.1, -0.05) is 60.7 Å². The molecule has 0 aliphatic carbocycles. The lowest BCUT2D eigenvalue weighted by Gasteiger charge is -2.20. The van der Waals surface area contributed by atoms with Crippen molar-refractivity contribution in [3.63, 3.8) is 0 Å². The van der Waals surface area contributed by atoms with Gasteiger partial charge < -0.3 is 15.4 Å². The van der Waals surface area contributed by atoms with Crippen LogP contribution in [0.2, 0.25) is 0 Å². The first-order valence-electron chi connectivity index (χ1n) is 8.46. The molecular formula is C20H21ClN2O4. The third-order valence-electron chi connectivity index (χ3n) is 3.80. The molecule has 0 fully saturated rings. The van der Waals surface area contributed by atoms with Crippen LogP contribution in [0, 0.1) is 0 Å². The largest absolute Gasteiger partial charge is 0.445 e. The second-order valence-electron chi connectivity index (χ2n) is 5.98. The number of amides is 2. The zero-order valence-electron chi connectivity index (χ0n) is 14.9. The minimum atomic E-state index is -0.908. The number of hydrogen-bond acceptors (Lipinski definition) is 4. The van der Waals surface area contributed by atoms with Gasteiger partial charge in [-0.15, -0.1) is 0 Å². The molecule has 0 unspecified atom stereocenters. The number of ether oxygens (including phenoxy) is 1. The fourth-order valence-corrected chi connectivity index (χ4v) is 2.39. The molecule has 27 heavy (non-hydrogen) atoms. The van der Waals surface area contributed by atoms with Crippen molar-refractivity contribution in [2.75, 3.05) is 0 Å². The Morgan fingerprint density at radius 3 is 2.04 bits per heavy atom. The fraction of sp³-hybridized carbons (Fsp3) is 0.250. The molecule has 0 radical (unpaired) electrons. The van der Waals surface area contributed by atoms with E-state index in [1.165, 1.54) is 6.92 Å². The zero-order valence-corrected chi connectivity index (χ0v) is 15.6. The summed E-state index contributed by atoms with van der Waals surface area (Å²) in [4.78, 5) is 35.8. The number of benzene rings is 2. The quantitative estimate of drug-likeness (QED) is 0.681. The standard InChI is InChI=1S/C20H21ClN2O4/c1-14(18(21)24)22-19(25)17(12-15-8-4-2-5-9-15)23-20(26)27-13-16-10-6-3-7-11-16/h2-11,14,17H,12-13H2,1H3,(H,22,25)(H,23,26)/t14-,17-/m0/s1. The summed E-state index contributed by atoms with van der Waals surface area (Å²) in [6, 6.07) is 16.6. The average Bonchev–Trinajstić information content (AvgIpc) is 2.67. The van der Waals surface area contributed by atoms with Crippen LogP contribution in [0.25, 0.3) is 0 Å². The van der Waals surface area contributed by atoms with Gasteiger partial charge in [-0.25, -0.2) is 4.79 Å². The lowest BCUT2D eigenvalue weighted by Crippen LogP contribution is -2.51. The van der Waals surface area contributed by atoms with Gasteiger partial charge in [0.05, 0.1) is 0 Å². The summed E-state index contributed by atoms with van der Waals surface area (Å²) in [5.41, 5.74) is 1.68. The highest BCUT2D eigenvalue weighted by molar-refractivity contribution is 6.64. The summed E-state index contributed by atoms with van der Waals surface area (Å²) in [5.74, 6) is -0.517. The molecule has 2 amide bonds. The van der Waals surface area contributed by atoms with Gasteiger partial charge in [0, 0.05) is 6.42 Å². The van der Waals surface area contributed by atoms with Crippen molar-refractivity contribution in [1.29, 1.82) is 0 Å². The molecule has 2 aromatic rings. The summed E-state index contributed by atoms with van der Waals surface area (Å²) in [6.45, 7) is 1.56. The molecule has 142 valence electrons. The van der Waals surface area contributed by atoms with Gasteiger partial charge in [-0.3, -0.25) is 9.59 Å². The lowest BCUT2D eigenvalue weighted by molar-refractivity contribution is -0.126. The summed E-state index contributed by atoms with van der Waals surface area (Å²) < 4.78 is 5.18. The smallest absolute Gasteiger partial charge is 0.408 e. The molecule has 2 rings (SSSR count). The van der Waals surface area contributed by atoms with Gasteiger partial charge in [-0.05, 0) is 29.7 Å². The summed E-state index contributed by atoms with van der Waals surface area (Å²) in [7, 11) is 0. The van der Waals surface area contributed by atoms with Crippen LogP contribution < -0.4 is 10.6 Å². The summed E-state index contributed by atoms with van der Waals surface area (Å²) in [5, 5.41) is 4.35. The Hall–Kier alpha value is -2.86. The highest BCUT2D eigenvalue weighted by Crippen LogP contribution is 2.06. The lowest BCUT2D eigenvalue weighted by atomic mass is 10.1. The van der Waals surface area contributed by atoms with Crippen LogP contribution in [0.1, 0.15) is 18.1 Å². The van der Waals surface area contributed by atoms with Gasteiger partial charge in [0.15, 0.2) is 0 Å². The van der Waals surface area contributed by atoms with Gasteiger partial charge in [-0.2, -0.15) is 0 Å². The predicted octanol–water partition coefficient (Wildman–Crippen LogP) is 2.79. The van der Waals surface area contributed by atoms with E-state index in [9.17, 15) is 14.4 Å². The van der Waals surface area contributed by atoms with Crippen molar-refractivity contribution >= 4 is 28.8 Å². The van der Waals surface area contributed by atoms with E-state index in [0.717, 1.165) is 11.1 Å². The van der Waals surface area contributed by atoms with Crippen LogP contribution in [-0.2, 0) is 27.4 Å². The van der Waals surface area contributed by atoms with Crippen LogP contribution in [0.15, 0.2) is 60.7 Å². The Labute approximate surface area is 162 Å². The van der Waals surface area contributed by atoms with Crippen molar-refractivity contribution in [2.24, 2.45) is 0 Å². The van der Waals surface area contributed by atoms with E-state index in [1.807, 2.05) is 60.7 Å². The highest BCUT2D eigenvalue weighted by atomic mass is 35.5. The maximum Gasteiger partial charge on any atom is 0.408 e. The molecule has 0 aromatic heterocycles. The van der Waals surface area contributed by atoms with Gasteiger partial charge in [0.25, 0.3) is 0 Å². The Morgan fingerprint density at radius 1 is 0.926 bits per heavy atom. The van der Waals surface area contributed by atoms with Crippen molar-refractivity contribution in [3.8, 4) is 0 Å². The van der Waals surface area contributed by atoms with E-state index in [4.69, 9.17) is 16.3 Å². The van der Waals surface area contributed by atoms with Crippen LogP contribution >= 0.6 is 11.6 Å². The molecule has 0 heterocycles. The first kappa shape index (κ1) is 20.5. The van der Waals surface area contributed by atoms with E-state index in [-0.39, 0.29) is 13.0 Å². The number of rotatable bonds is 8. The monoisotopic (exact) mass is 388 g/mol. The Balaban J connectivity index is 2.00. The van der Waals surface area contributed by atoms with E-state index in [0.29, 0.717) is 0 Å². The topological polar surface area (TPSA) is 84.5 Å². The second kappa shape index (κ2) is 10.3. The molecule has 2 aromatic carbocycles. The van der Waals surface area contributed by atoms with Crippen molar-refractivity contribution < 1.29 is 19.1 Å². The van der Waals surface area contributed by atoms with E-state index in [2.05, 4.69) is 10.6 Å². The third kappa shape index (κ3) is 7.11. The normalized spacial score (nSPS) is 12.5. The molecule has 0 saturated carbocycles. The van der Waals surface area contributed by atoms with Crippen molar-refractivity contribution in [1.82, 2.24) is 10.6 Å². The zero-order chi connectivity index (χ0) is 19.6. The van der Waals surface area contributed by atoms with E-state index >= 15 is 0 Å². The molecule has 2 N–H and O–H groups in total. The average molecular weight is 389 g/mol. The molecule has 0 spiro atoms. The fourth-order valence-electron chi connectivity index (χ4n) is 2.34. The van der Waals surface area contributed by atoms with Gasteiger partial charge >= 0.3 is 6.09 Å². The van der Waals surface area contributed by atoms with Gasteiger partial charge in [0.2, 0.25) is 11.1 Å². The highest BCUT2D eigenvalue weighted by Gasteiger charge is 2.24. The number of halogens is 1. The first-order chi connectivity index (χ1) is 13.0. The van der Waals surface area contributed by atoms with Crippen LogP contribution in [0.4, 0.5) is 4.79 Å². The minimum absolute atomic E-state index is 0.0862. The van der Waals surface area contributed by atoms with E-state index in [1.54, 1.807) is 0 Å². The number of hydrogen-bond donors (Lipinski definition) is 2. The van der Waals surface area contributed by atoms with Crippen LogP contribution in [0.5, 0.6) is 0 Å². The molecular weight excluding hydrogens is 368 g/mol. The van der Waals surface area contributed by atoms with Crippen LogP contribution in [-0.4, -0.2) is 29.3 Å². The minimum Gasteiger partial charge on any atom is -0.445 e. The molecule has 0 aliphatic heterocycles. The molecule has 0 saturated heterocycles. The number of alkyl carbamates (subject to hydrolysis) is 1. The summed E-state index contributed by atoms with van der Waals surface area (Å²) in [6.07, 6.45) is -0.476. The van der Waals surface area contributed by atoms with Crippen molar-refractivity contribution in [3.05, 3.63) is 71.8 Å². The maximum atomic E-state index is 12.5. The van der Waals surface area contributed by atoms with Gasteiger partial charge in [0.1, 0.15) is 18.7 Å². The molecule has 0 aliphatic rings. The number of carbonyl (C=O) groups excluding carboxylic acids is 3. The molecule has 0 bridgehead atoms. The predicted molar refractivity (Wildman–Crippen MR) is 102 cm³/mol. The third-order valence-corrected chi connectivity index (χ3v) is 4.13. The van der Waals surface area contributed by atoms with E-state index < -0.39 is 29.3 Å². The first-order valence-corrected chi connectivity index (χ1v) is 8.84. The molecule has 6 nitrogen and oxygen atoms in total. The SMILES string of the molecule is C[C@H](NC(=O)[C@H](Cc1ccccc1)NC(=O)OCc1ccccc1)C(=O)Cl. The van der Waals surface area contributed by atoms with Crippen molar-refractivity contribution in [2.45, 2.75) is 32.0 Å². The number of nitrogens with one attached hydrogen (secondary N) is 2. The Kier molecular flexibility index (Phi) is 7.82. The maximum absolute atomic E-state index is 12.5. The molecule has 2 atom stereocenters.